The molecule has 0 bridgehead atoms. The Morgan fingerprint density at radius 1 is 1.36 bits per heavy atom. The zero-order valence-electron chi connectivity index (χ0n) is 7.89. The van der Waals surface area contributed by atoms with Crippen molar-refractivity contribution in [2.75, 3.05) is 0 Å². The van der Waals surface area contributed by atoms with E-state index in [0.29, 0.717) is 17.8 Å². The molecule has 0 saturated heterocycles. The van der Waals surface area contributed by atoms with Gasteiger partial charge in [0, 0.05) is 0 Å². The van der Waals surface area contributed by atoms with Crippen molar-refractivity contribution in [1.29, 1.82) is 0 Å². The van der Waals surface area contributed by atoms with E-state index in [2.05, 4.69) is 27.7 Å². The molecule has 0 aliphatic carbocycles. The third-order valence-electron chi connectivity index (χ3n) is 1.56. The molecule has 0 radical (unpaired) electrons. The number of halogens is 1. The lowest BCUT2D eigenvalue weighted by atomic mass is 9.84. The number of aliphatic hydroxyl groups is 1. The normalized spacial score (nSPS) is 18.0. The minimum Gasteiger partial charge on any atom is -0.378 e. The van der Waals surface area contributed by atoms with E-state index in [0.717, 1.165) is 6.42 Å². The van der Waals surface area contributed by atoms with Crippen LogP contribution in [0, 0.1) is 11.3 Å². The SMILES string of the molecule is CC(CC(O)Cl)CC(C)(C)C. The molecular formula is C9H19ClO. The average Bonchev–Trinajstić information content (AvgIpc) is 1.53. The minimum absolute atomic E-state index is 0.338. The first kappa shape index (κ1) is 11.2. The van der Waals surface area contributed by atoms with Crippen LogP contribution >= 0.6 is 11.6 Å². The van der Waals surface area contributed by atoms with Gasteiger partial charge in [-0.1, -0.05) is 39.3 Å². The van der Waals surface area contributed by atoms with Gasteiger partial charge in [-0.2, -0.15) is 0 Å². The van der Waals surface area contributed by atoms with Crippen molar-refractivity contribution >= 4 is 11.6 Å². The predicted octanol–water partition coefficient (Wildman–Crippen LogP) is 3.01. The van der Waals surface area contributed by atoms with Gasteiger partial charge in [0.15, 0.2) is 0 Å². The van der Waals surface area contributed by atoms with Crippen LogP contribution in [0.15, 0.2) is 0 Å². The standard InChI is InChI=1S/C9H19ClO/c1-7(5-8(10)11)6-9(2,3)4/h7-8,11H,5-6H2,1-4H3. The quantitative estimate of drug-likeness (QED) is 0.659. The molecule has 11 heavy (non-hydrogen) atoms. The highest BCUT2D eigenvalue weighted by Gasteiger charge is 2.16. The maximum absolute atomic E-state index is 8.89. The van der Waals surface area contributed by atoms with Crippen LogP contribution in [0.2, 0.25) is 0 Å². The number of hydrogen-bond donors (Lipinski definition) is 1. The maximum Gasteiger partial charge on any atom is 0.128 e. The largest absolute Gasteiger partial charge is 0.378 e. The molecule has 1 N–H and O–H groups in total. The Hall–Kier alpha value is 0.250. The number of hydrogen-bond acceptors (Lipinski definition) is 1. The molecule has 2 unspecified atom stereocenters. The predicted molar refractivity (Wildman–Crippen MR) is 49.7 cm³/mol. The Labute approximate surface area is 74.8 Å². The van der Waals surface area contributed by atoms with Crippen molar-refractivity contribution in [1.82, 2.24) is 0 Å². The summed E-state index contributed by atoms with van der Waals surface area (Å²) in [6.45, 7) is 8.72. The highest BCUT2D eigenvalue weighted by molar-refractivity contribution is 6.19. The fourth-order valence-corrected chi connectivity index (χ4v) is 1.76. The first-order valence-corrected chi connectivity index (χ1v) is 4.57. The third-order valence-corrected chi connectivity index (χ3v) is 1.74. The van der Waals surface area contributed by atoms with Gasteiger partial charge in [0.05, 0.1) is 0 Å². The van der Waals surface area contributed by atoms with Crippen molar-refractivity contribution in [2.45, 2.75) is 46.1 Å². The molecule has 0 heterocycles. The third kappa shape index (κ3) is 8.15. The molecule has 0 aromatic rings. The second-order valence-electron chi connectivity index (χ2n) is 4.54. The monoisotopic (exact) mass is 178 g/mol. The Kier molecular flexibility index (Phi) is 4.42. The molecule has 0 aliphatic rings. The highest BCUT2D eigenvalue weighted by Crippen LogP contribution is 2.26. The lowest BCUT2D eigenvalue weighted by molar-refractivity contribution is 0.197. The van der Waals surface area contributed by atoms with Crippen molar-refractivity contribution in [3.63, 3.8) is 0 Å². The van der Waals surface area contributed by atoms with Gasteiger partial charge < -0.3 is 5.11 Å². The summed E-state index contributed by atoms with van der Waals surface area (Å²) in [7, 11) is 0. The van der Waals surface area contributed by atoms with E-state index < -0.39 is 5.56 Å². The van der Waals surface area contributed by atoms with Gasteiger partial charge >= 0.3 is 0 Å². The lowest BCUT2D eigenvalue weighted by Gasteiger charge is -2.23. The molecule has 2 atom stereocenters. The molecule has 0 aliphatic heterocycles. The first-order valence-electron chi connectivity index (χ1n) is 4.13. The molecule has 1 nitrogen and oxygen atoms in total. The van der Waals surface area contributed by atoms with E-state index in [1.54, 1.807) is 0 Å². The molecule has 0 saturated carbocycles. The molecule has 0 spiro atoms. The number of rotatable bonds is 3. The minimum atomic E-state index is -0.674. The average molecular weight is 179 g/mol. The Balaban J connectivity index is 3.61. The molecule has 68 valence electrons. The summed E-state index contributed by atoms with van der Waals surface area (Å²) in [6, 6.07) is 0. The smallest absolute Gasteiger partial charge is 0.128 e. The van der Waals surface area contributed by atoms with Gasteiger partial charge in [0.25, 0.3) is 0 Å². The fourth-order valence-electron chi connectivity index (χ4n) is 1.46. The second-order valence-corrected chi connectivity index (χ2v) is 5.04. The maximum atomic E-state index is 8.89. The zero-order valence-corrected chi connectivity index (χ0v) is 8.65. The van der Waals surface area contributed by atoms with Crippen LogP contribution in [0.1, 0.15) is 40.5 Å². The van der Waals surface area contributed by atoms with E-state index in [4.69, 9.17) is 16.7 Å². The number of alkyl halides is 1. The molecule has 0 rings (SSSR count). The van der Waals surface area contributed by atoms with E-state index in [1.165, 1.54) is 0 Å². The van der Waals surface area contributed by atoms with Crippen LogP contribution < -0.4 is 0 Å². The summed E-state index contributed by atoms with van der Waals surface area (Å²) in [4.78, 5) is 0. The second kappa shape index (κ2) is 4.32. The zero-order chi connectivity index (χ0) is 9.07. The van der Waals surface area contributed by atoms with Crippen LogP contribution in [0.25, 0.3) is 0 Å². The van der Waals surface area contributed by atoms with Crippen molar-refractivity contribution in [2.24, 2.45) is 11.3 Å². The lowest BCUT2D eigenvalue weighted by Crippen LogP contribution is -2.14. The Morgan fingerprint density at radius 2 is 1.82 bits per heavy atom. The summed E-state index contributed by atoms with van der Waals surface area (Å²) in [5, 5.41) is 8.89. The van der Waals surface area contributed by atoms with Crippen LogP contribution in [-0.4, -0.2) is 10.7 Å². The van der Waals surface area contributed by atoms with Gasteiger partial charge in [0.2, 0.25) is 0 Å². The molecular weight excluding hydrogens is 160 g/mol. The van der Waals surface area contributed by atoms with Gasteiger partial charge in [-0.15, -0.1) is 0 Å². The van der Waals surface area contributed by atoms with E-state index in [9.17, 15) is 0 Å². The van der Waals surface area contributed by atoms with E-state index >= 15 is 0 Å². The summed E-state index contributed by atoms with van der Waals surface area (Å²) in [5.74, 6) is 0.502. The summed E-state index contributed by atoms with van der Waals surface area (Å²) < 4.78 is 0. The molecule has 0 aromatic heterocycles. The van der Waals surface area contributed by atoms with Crippen LogP contribution in [-0.2, 0) is 0 Å². The summed E-state index contributed by atoms with van der Waals surface area (Å²) in [5.41, 5.74) is -0.335. The van der Waals surface area contributed by atoms with Crippen molar-refractivity contribution in [3.05, 3.63) is 0 Å². The topological polar surface area (TPSA) is 20.2 Å². The highest BCUT2D eigenvalue weighted by atomic mass is 35.5. The van der Waals surface area contributed by atoms with Gasteiger partial charge in [-0.05, 0) is 24.2 Å². The molecule has 0 amide bonds. The summed E-state index contributed by atoms with van der Waals surface area (Å²) in [6.07, 6.45) is 1.80. The van der Waals surface area contributed by atoms with Crippen molar-refractivity contribution < 1.29 is 5.11 Å². The van der Waals surface area contributed by atoms with Gasteiger partial charge in [-0.25, -0.2) is 0 Å². The van der Waals surface area contributed by atoms with Crippen molar-refractivity contribution in [3.8, 4) is 0 Å². The molecule has 0 aromatic carbocycles. The Morgan fingerprint density at radius 3 is 2.09 bits per heavy atom. The molecule has 2 heteroatoms. The van der Waals surface area contributed by atoms with Crippen LogP contribution in [0.4, 0.5) is 0 Å². The molecule has 0 fully saturated rings. The van der Waals surface area contributed by atoms with Crippen LogP contribution in [0.3, 0.4) is 0 Å². The first-order chi connectivity index (χ1) is 4.81. The summed E-state index contributed by atoms with van der Waals surface area (Å²) >= 11 is 5.46. The van der Waals surface area contributed by atoms with E-state index in [1.807, 2.05) is 0 Å². The fraction of sp³-hybridized carbons (Fsp3) is 1.00. The van der Waals surface area contributed by atoms with Gasteiger partial charge in [-0.3, -0.25) is 0 Å². The van der Waals surface area contributed by atoms with Gasteiger partial charge in [0.1, 0.15) is 5.56 Å². The van der Waals surface area contributed by atoms with Crippen LogP contribution in [0.5, 0.6) is 0 Å². The van der Waals surface area contributed by atoms with E-state index in [-0.39, 0.29) is 0 Å². The number of aliphatic hydroxyl groups excluding tert-OH is 1. The Bertz CT molecular complexity index is 105.